The van der Waals surface area contributed by atoms with Gasteiger partial charge in [-0.25, -0.2) is 4.99 Å². The number of ether oxygens (including phenoxy) is 1. The lowest BCUT2D eigenvalue weighted by Crippen LogP contribution is -2.42. The zero-order valence-electron chi connectivity index (χ0n) is 19.9. The molecule has 0 fully saturated rings. The summed E-state index contributed by atoms with van der Waals surface area (Å²) < 4.78 is 7.60. The van der Waals surface area contributed by atoms with E-state index in [2.05, 4.69) is 33.0 Å². The molecule has 3 N–H and O–H groups in total. The van der Waals surface area contributed by atoms with Gasteiger partial charge in [-0.1, -0.05) is 6.92 Å². The molecule has 32 heavy (non-hydrogen) atoms. The molecule has 1 heterocycles. The lowest BCUT2D eigenvalue weighted by atomic mass is 10.1. The number of carbonyl (C=O) groups is 1. The molecule has 0 aliphatic heterocycles. The van der Waals surface area contributed by atoms with Crippen molar-refractivity contribution in [3.63, 3.8) is 0 Å². The van der Waals surface area contributed by atoms with E-state index >= 15 is 0 Å². The standard InChI is InChI=1S/C23H36N6O2.HI/c1-17(2)31-20-10-8-19(9-11-20)27-22(25-15-21(30)28-23(4,5)6)24-14-18(3)16-29-13-7-12-26-29;/h7-13,17-18H,14-16H2,1-6H3,(H,28,30)(H2,24,25,27);1H. The highest BCUT2D eigenvalue weighted by Crippen LogP contribution is 2.17. The fourth-order valence-corrected chi connectivity index (χ4v) is 2.84. The van der Waals surface area contributed by atoms with Gasteiger partial charge in [0, 0.05) is 36.7 Å². The number of guanidine groups is 1. The van der Waals surface area contributed by atoms with Crippen LogP contribution < -0.4 is 20.7 Å². The fraction of sp³-hybridized carbons (Fsp3) is 0.522. The number of halogens is 1. The molecule has 2 aromatic rings. The number of nitrogens with one attached hydrogen (secondary N) is 3. The van der Waals surface area contributed by atoms with Gasteiger partial charge in [0.15, 0.2) is 5.96 Å². The molecule has 2 rings (SSSR count). The highest BCUT2D eigenvalue weighted by atomic mass is 127. The van der Waals surface area contributed by atoms with Crippen LogP contribution in [0.5, 0.6) is 5.75 Å². The van der Waals surface area contributed by atoms with Crippen LogP contribution in [0.25, 0.3) is 0 Å². The van der Waals surface area contributed by atoms with Gasteiger partial charge in [-0.2, -0.15) is 5.10 Å². The average Bonchev–Trinajstić information content (AvgIpc) is 3.16. The van der Waals surface area contributed by atoms with E-state index in [0.717, 1.165) is 18.0 Å². The summed E-state index contributed by atoms with van der Waals surface area (Å²) in [7, 11) is 0. The average molecular weight is 556 g/mol. The Morgan fingerprint density at radius 1 is 1.19 bits per heavy atom. The van der Waals surface area contributed by atoms with Crippen molar-refractivity contribution in [3.05, 3.63) is 42.7 Å². The minimum absolute atomic E-state index is 0. The molecule has 9 heteroatoms. The third-order valence-corrected chi connectivity index (χ3v) is 4.06. The molecule has 1 aromatic heterocycles. The Labute approximate surface area is 208 Å². The largest absolute Gasteiger partial charge is 0.491 e. The van der Waals surface area contributed by atoms with Gasteiger partial charge in [0.2, 0.25) is 5.91 Å². The minimum atomic E-state index is -0.294. The number of rotatable bonds is 9. The monoisotopic (exact) mass is 556 g/mol. The third-order valence-electron chi connectivity index (χ3n) is 4.06. The summed E-state index contributed by atoms with van der Waals surface area (Å²) in [6.07, 6.45) is 3.84. The molecule has 1 unspecified atom stereocenters. The van der Waals surface area contributed by atoms with Gasteiger partial charge >= 0.3 is 0 Å². The Morgan fingerprint density at radius 2 is 1.88 bits per heavy atom. The smallest absolute Gasteiger partial charge is 0.242 e. The lowest BCUT2D eigenvalue weighted by molar-refractivity contribution is -0.121. The van der Waals surface area contributed by atoms with Crippen LogP contribution in [-0.2, 0) is 11.3 Å². The van der Waals surface area contributed by atoms with Gasteiger partial charge in [-0.3, -0.25) is 9.48 Å². The molecule has 178 valence electrons. The Bertz CT molecular complexity index is 829. The molecule has 1 aromatic carbocycles. The molecule has 0 spiro atoms. The quantitative estimate of drug-likeness (QED) is 0.248. The van der Waals surface area contributed by atoms with Crippen molar-refractivity contribution < 1.29 is 9.53 Å². The number of aliphatic imine (C=N–C) groups is 1. The van der Waals surface area contributed by atoms with Gasteiger partial charge in [0.05, 0.1) is 6.10 Å². The van der Waals surface area contributed by atoms with E-state index in [0.29, 0.717) is 18.4 Å². The Balaban J connectivity index is 0.00000512. The SMILES string of the molecule is CC(CNC(=NCC(=O)NC(C)(C)C)Nc1ccc(OC(C)C)cc1)Cn1cccn1.I. The zero-order chi connectivity index (χ0) is 22.9. The van der Waals surface area contributed by atoms with Crippen LogP contribution in [0.3, 0.4) is 0 Å². The number of hydrogen-bond donors (Lipinski definition) is 3. The van der Waals surface area contributed by atoms with E-state index in [9.17, 15) is 4.79 Å². The van der Waals surface area contributed by atoms with Crippen LogP contribution in [-0.4, -0.2) is 46.4 Å². The van der Waals surface area contributed by atoms with Crippen LogP contribution in [0.2, 0.25) is 0 Å². The second-order valence-electron chi connectivity index (χ2n) is 8.99. The maximum Gasteiger partial charge on any atom is 0.242 e. The predicted octanol–water partition coefficient (Wildman–Crippen LogP) is 3.90. The van der Waals surface area contributed by atoms with Crippen LogP contribution in [0.4, 0.5) is 5.69 Å². The zero-order valence-corrected chi connectivity index (χ0v) is 22.2. The summed E-state index contributed by atoms with van der Waals surface area (Å²) in [5, 5.41) is 13.8. The molecule has 0 bridgehead atoms. The molecule has 0 radical (unpaired) electrons. The molecular formula is C23H37IN6O2. The van der Waals surface area contributed by atoms with Crippen molar-refractivity contribution in [1.82, 2.24) is 20.4 Å². The fourth-order valence-electron chi connectivity index (χ4n) is 2.84. The summed E-state index contributed by atoms with van der Waals surface area (Å²) in [4.78, 5) is 16.7. The molecule has 8 nitrogen and oxygen atoms in total. The maximum atomic E-state index is 12.2. The number of amides is 1. The normalized spacial score (nSPS) is 12.7. The number of nitrogens with zero attached hydrogens (tertiary/aromatic N) is 3. The van der Waals surface area contributed by atoms with Crippen molar-refractivity contribution in [1.29, 1.82) is 0 Å². The number of carbonyl (C=O) groups excluding carboxylic acids is 1. The predicted molar refractivity (Wildman–Crippen MR) is 141 cm³/mol. The maximum absolute atomic E-state index is 12.2. The first-order valence-electron chi connectivity index (χ1n) is 10.7. The Morgan fingerprint density at radius 3 is 2.44 bits per heavy atom. The summed E-state index contributed by atoms with van der Waals surface area (Å²) in [6.45, 7) is 13.5. The second kappa shape index (κ2) is 13.3. The van der Waals surface area contributed by atoms with Crippen molar-refractivity contribution in [2.45, 2.75) is 59.7 Å². The van der Waals surface area contributed by atoms with Crippen LogP contribution in [0, 0.1) is 5.92 Å². The van der Waals surface area contributed by atoms with Gasteiger partial charge in [0.25, 0.3) is 0 Å². The van der Waals surface area contributed by atoms with Crippen LogP contribution >= 0.6 is 24.0 Å². The summed E-state index contributed by atoms with van der Waals surface area (Å²) in [5.41, 5.74) is 0.566. The summed E-state index contributed by atoms with van der Waals surface area (Å²) in [5.74, 6) is 1.55. The van der Waals surface area contributed by atoms with Crippen LogP contribution in [0.1, 0.15) is 41.5 Å². The van der Waals surface area contributed by atoms with Crippen LogP contribution in [0.15, 0.2) is 47.7 Å². The van der Waals surface area contributed by atoms with Gasteiger partial charge < -0.3 is 20.7 Å². The molecule has 0 aliphatic rings. The summed E-state index contributed by atoms with van der Waals surface area (Å²) >= 11 is 0. The van der Waals surface area contributed by atoms with E-state index in [4.69, 9.17) is 4.74 Å². The van der Waals surface area contributed by atoms with Crippen molar-refractivity contribution in [2.24, 2.45) is 10.9 Å². The molecule has 0 saturated heterocycles. The second-order valence-corrected chi connectivity index (χ2v) is 8.99. The van der Waals surface area contributed by atoms with E-state index < -0.39 is 0 Å². The van der Waals surface area contributed by atoms with Gasteiger partial charge in [-0.15, -0.1) is 24.0 Å². The Hall–Kier alpha value is -2.30. The van der Waals surface area contributed by atoms with Crippen molar-refractivity contribution in [2.75, 3.05) is 18.4 Å². The number of hydrogen-bond acceptors (Lipinski definition) is 4. The van der Waals surface area contributed by atoms with E-state index in [1.54, 1.807) is 6.20 Å². The van der Waals surface area contributed by atoms with E-state index in [-0.39, 0.29) is 48.1 Å². The number of anilines is 1. The number of benzene rings is 1. The third kappa shape index (κ3) is 11.4. The number of aromatic nitrogens is 2. The highest BCUT2D eigenvalue weighted by Gasteiger charge is 2.14. The molecular weight excluding hydrogens is 519 g/mol. The topological polar surface area (TPSA) is 92.6 Å². The first kappa shape index (κ1) is 27.7. The molecule has 0 aliphatic carbocycles. The highest BCUT2D eigenvalue weighted by molar-refractivity contribution is 14.0. The Kier molecular flexibility index (Phi) is 11.5. The van der Waals surface area contributed by atoms with E-state index in [1.807, 2.05) is 75.8 Å². The molecule has 1 amide bonds. The first-order chi connectivity index (χ1) is 14.6. The molecule has 1 atom stereocenters. The lowest BCUT2D eigenvalue weighted by Gasteiger charge is -2.20. The van der Waals surface area contributed by atoms with Gasteiger partial charge in [-0.05, 0) is 70.9 Å². The van der Waals surface area contributed by atoms with Gasteiger partial charge in [0.1, 0.15) is 12.3 Å². The minimum Gasteiger partial charge on any atom is -0.491 e. The van der Waals surface area contributed by atoms with E-state index in [1.165, 1.54) is 0 Å². The van der Waals surface area contributed by atoms with Crippen molar-refractivity contribution in [3.8, 4) is 5.75 Å². The first-order valence-corrected chi connectivity index (χ1v) is 10.7. The summed E-state index contributed by atoms with van der Waals surface area (Å²) in [6, 6.07) is 9.59. The van der Waals surface area contributed by atoms with Crippen molar-refractivity contribution >= 4 is 41.5 Å². The molecule has 0 saturated carbocycles.